The second-order valence-electron chi connectivity index (χ2n) is 6.06. The van der Waals surface area contributed by atoms with Crippen molar-refractivity contribution >= 4 is 21.8 Å². The van der Waals surface area contributed by atoms with Crippen LogP contribution in [0.3, 0.4) is 0 Å². The first kappa shape index (κ1) is 19.3. The van der Waals surface area contributed by atoms with Crippen molar-refractivity contribution in [2.24, 2.45) is 0 Å². The number of furan rings is 1. The summed E-state index contributed by atoms with van der Waals surface area (Å²) in [5, 5.41) is 0. The van der Waals surface area contributed by atoms with Gasteiger partial charge in [0.05, 0.1) is 24.3 Å². The third-order valence-electron chi connectivity index (χ3n) is 4.26. The van der Waals surface area contributed by atoms with E-state index in [9.17, 15) is 17.2 Å². The van der Waals surface area contributed by atoms with E-state index in [1.54, 1.807) is 12.5 Å². The molecule has 1 N–H and O–H groups in total. The van der Waals surface area contributed by atoms with Crippen molar-refractivity contribution in [2.75, 3.05) is 31.1 Å². The van der Waals surface area contributed by atoms with Gasteiger partial charge in [-0.25, -0.2) is 21.9 Å². The fourth-order valence-corrected chi connectivity index (χ4v) is 5.00. The van der Waals surface area contributed by atoms with Gasteiger partial charge in [0.1, 0.15) is 11.6 Å². The summed E-state index contributed by atoms with van der Waals surface area (Å²) in [5.74, 6) is -0.0506. The minimum absolute atomic E-state index is 0.142. The van der Waals surface area contributed by atoms with E-state index >= 15 is 0 Å². The Kier molecular flexibility index (Phi) is 6.33. The maximum absolute atomic E-state index is 13.7. The molecule has 5 nitrogen and oxygen atoms in total. The van der Waals surface area contributed by atoms with E-state index in [2.05, 4.69) is 9.62 Å². The maximum atomic E-state index is 13.7. The minimum Gasteiger partial charge on any atom is -0.472 e. The maximum Gasteiger partial charge on any atom is 0.215 e. The summed E-state index contributed by atoms with van der Waals surface area (Å²) < 4.78 is 59.4. The van der Waals surface area contributed by atoms with Gasteiger partial charge in [-0.05, 0) is 24.3 Å². The zero-order valence-electron chi connectivity index (χ0n) is 14.0. The summed E-state index contributed by atoms with van der Waals surface area (Å²) in [6, 6.07) is 4.45. The van der Waals surface area contributed by atoms with Crippen molar-refractivity contribution in [3.05, 3.63) is 59.6 Å². The van der Waals surface area contributed by atoms with Crippen LogP contribution in [0.4, 0.5) is 8.78 Å². The van der Waals surface area contributed by atoms with Gasteiger partial charge in [0.15, 0.2) is 0 Å². The van der Waals surface area contributed by atoms with Crippen LogP contribution in [-0.4, -0.2) is 44.5 Å². The average Bonchev–Trinajstić information content (AvgIpc) is 3.13. The van der Waals surface area contributed by atoms with Crippen molar-refractivity contribution in [2.45, 2.75) is 11.8 Å². The van der Waals surface area contributed by atoms with Crippen LogP contribution in [-0.2, 0) is 15.8 Å². The van der Waals surface area contributed by atoms with E-state index in [0.717, 1.165) is 48.4 Å². The smallest absolute Gasteiger partial charge is 0.215 e. The Morgan fingerprint density at radius 2 is 2.00 bits per heavy atom. The van der Waals surface area contributed by atoms with Gasteiger partial charge < -0.3 is 4.42 Å². The molecule has 1 atom stereocenters. The molecule has 0 radical (unpaired) electrons. The molecule has 1 aromatic heterocycles. The molecule has 0 amide bonds. The summed E-state index contributed by atoms with van der Waals surface area (Å²) in [6.45, 7) is 1.84. The summed E-state index contributed by atoms with van der Waals surface area (Å²) in [4.78, 5) is 2.20. The van der Waals surface area contributed by atoms with E-state index in [1.807, 2.05) is 17.8 Å². The molecule has 9 heteroatoms. The largest absolute Gasteiger partial charge is 0.472 e. The lowest BCUT2D eigenvalue weighted by atomic mass is 10.1. The van der Waals surface area contributed by atoms with E-state index in [-0.39, 0.29) is 18.2 Å². The number of halogens is 2. The highest BCUT2D eigenvalue weighted by Crippen LogP contribution is 2.24. The van der Waals surface area contributed by atoms with Crippen LogP contribution in [0, 0.1) is 11.6 Å². The van der Waals surface area contributed by atoms with E-state index in [0.29, 0.717) is 0 Å². The molecule has 1 aliphatic rings. The van der Waals surface area contributed by atoms with E-state index < -0.39 is 27.4 Å². The molecular weight excluding hydrogens is 382 g/mol. The molecule has 3 rings (SSSR count). The summed E-state index contributed by atoms with van der Waals surface area (Å²) in [7, 11) is -3.82. The van der Waals surface area contributed by atoms with Gasteiger partial charge in [-0.15, -0.1) is 0 Å². The lowest BCUT2D eigenvalue weighted by molar-refractivity contribution is 0.218. The van der Waals surface area contributed by atoms with Crippen LogP contribution in [0.1, 0.15) is 17.2 Å². The Balaban J connectivity index is 1.70. The molecule has 0 unspecified atom stereocenters. The van der Waals surface area contributed by atoms with Gasteiger partial charge in [0.25, 0.3) is 0 Å². The predicted molar refractivity (Wildman–Crippen MR) is 97.3 cm³/mol. The Labute approximate surface area is 155 Å². The van der Waals surface area contributed by atoms with Gasteiger partial charge >= 0.3 is 0 Å². The van der Waals surface area contributed by atoms with E-state index in [4.69, 9.17) is 4.42 Å². The van der Waals surface area contributed by atoms with Gasteiger partial charge in [-0.1, -0.05) is 0 Å². The minimum atomic E-state index is -3.82. The molecular formula is C17H20F2N2O3S2. The first-order valence-electron chi connectivity index (χ1n) is 8.20. The van der Waals surface area contributed by atoms with Crippen LogP contribution in [0.15, 0.2) is 41.2 Å². The average molecular weight is 402 g/mol. The molecule has 26 heavy (non-hydrogen) atoms. The fourth-order valence-electron chi connectivity index (χ4n) is 2.93. The number of hydrogen-bond acceptors (Lipinski definition) is 5. The van der Waals surface area contributed by atoms with Crippen LogP contribution >= 0.6 is 11.8 Å². The molecule has 0 bridgehead atoms. The molecule has 142 valence electrons. The van der Waals surface area contributed by atoms with Crippen LogP contribution in [0.5, 0.6) is 0 Å². The topological polar surface area (TPSA) is 62.6 Å². The fraction of sp³-hybridized carbons (Fsp3) is 0.412. The Bertz CT molecular complexity index is 823. The van der Waals surface area contributed by atoms with Gasteiger partial charge in [-0.2, -0.15) is 11.8 Å². The highest BCUT2D eigenvalue weighted by molar-refractivity contribution is 7.99. The Hall–Kier alpha value is -1.42. The molecule has 0 saturated carbocycles. The SMILES string of the molecule is O=S(=O)(Cc1cc(F)ccc1F)NC[C@H](c1ccoc1)N1CCSCC1. The standard InChI is InChI=1S/C17H20F2N2O3S2/c18-15-1-2-16(19)14(9-15)12-26(22,23)20-10-17(13-3-6-24-11-13)21-4-7-25-8-5-21/h1-3,6,9,11,17,20H,4-5,7-8,10,12H2/t17-/m1/s1. The Morgan fingerprint density at radius 3 is 2.69 bits per heavy atom. The molecule has 0 spiro atoms. The van der Waals surface area contributed by atoms with Gasteiger partial charge in [-0.3, -0.25) is 4.90 Å². The lowest BCUT2D eigenvalue weighted by Gasteiger charge is -2.33. The summed E-state index contributed by atoms with van der Waals surface area (Å²) in [5.41, 5.74) is 0.697. The number of nitrogens with one attached hydrogen (secondary N) is 1. The van der Waals surface area contributed by atoms with Crippen molar-refractivity contribution in [1.82, 2.24) is 9.62 Å². The molecule has 1 saturated heterocycles. The van der Waals surface area contributed by atoms with Crippen LogP contribution in [0.2, 0.25) is 0 Å². The second-order valence-corrected chi connectivity index (χ2v) is 9.10. The number of sulfonamides is 1. The Morgan fingerprint density at radius 1 is 1.23 bits per heavy atom. The summed E-state index contributed by atoms with van der Waals surface area (Å²) >= 11 is 1.86. The van der Waals surface area contributed by atoms with Crippen molar-refractivity contribution in [3.63, 3.8) is 0 Å². The molecule has 2 aromatic rings. The highest BCUT2D eigenvalue weighted by Gasteiger charge is 2.25. The first-order chi connectivity index (χ1) is 12.4. The molecule has 1 aliphatic heterocycles. The number of rotatable bonds is 7. The number of nitrogens with zero attached hydrogens (tertiary/aromatic N) is 1. The number of benzene rings is 1. The van der Waals surface area contributed by atoms with E-state index in [1.165, 1.54) is 0 Å². The zero-order chi connectivity index (χ0) is 18.6. The third kappa shape index (κ3) is 5.06. The predicted octanol–water partition coefficient (Wildman–Crippen LogP) is 2.77. The quantitative estimate of drug-likeness (QED) is 0.772. The molecule has 1 fully saturated rings. The first-order valence-corrected chi connectivity index (χ1v) is 11.0. The molecule has 1 aromatic carbocycles. The number of hydrogen-bond donors (Lipinski definition) is 1. The summed E-state index contributed by atoms with van der Waals surface area (Å²) in [6.07, 6.45) is 3.16. The van der Waals surface area contributed by atoms with Gasteiger partial charge in [0, 0.05) is 42.3 Å². The number of thioether (sulfide) groups is 1. The molecule has 2 heterocycles. The van der Waals surface area contributed by atoms with Crippen molar-refractivity contribution in [3.8, 4) is 0 Å². The second kappa shape index (κ2) is 8.51. The third-order valence-corrected chi connectivity index (χ3v) is 6.50. The lowest BCUT2D eigenvalue weighted by Crippen LogP contribution is -2.42. The zero-order valence-corrected chi connectivity index (χ0v) is 15.7. The van der Waals surface area contributed by atoms with Crippen LogP contribution < -0.4 is 4.72 Å². The molecule has 0 aliphatic carbocycles. The van der Waals surface area contributed by atoms with Crippen LogP contribution in [0.25, 0.3) is 0 Å². The van der Waals surface area contributed by atoms with Crippen molar-refractivity contribution in [1.29, 1.82) is 0 Å². The van der Waals surface area contributed by atoms with Crippen molar-refractivity contribution < 1.29 is 21.6 Å². The monoisotopic (exact) mass is 402 g/mol. The van der Waals surface area contributed by atoms with Gasteiger partial charge in [0.2, 0.25) is 10.0 Å². The highest BCUT2D eigenvalue weighted by atomic mass is 32.2. The normalized spacial score (nSPS) is 17.3.